The molecule has 4 heteroatoms. The molecule has 0 aliphatic carbocycles. The number of hydrogen-bond acceptors (Lipinski definition) is 4. The number of nitrogens with zero attached hydrogens (tertiary/aromatic N) is 2. The summed E-state index contributed by atoms with van der Waals surface area (Å²) in [5.74, 6) is 1.43. The second-order valence-electron chi connectivity index (χ2n) is 3.98. The Balaban J connectivity index is 2.06. The van der Waals surface area contributed by atoms with Crippen LogP contribution in [-0.2, 0) is 6.61 Å². The van der Waals surface area contributed by atoms with Gasteiger partial charge in [-0.3, -0.25) is 0 Å². The molecule has 1 heterocycles. The second kappa shape index (κ2) is 6.41. The zero-order valence-electron chi connectivity index (χ0n) is 10.8. The normalized spacial score (nSPS) is 9.68. The van der Waals surface area contributed by atoms with Gasteiger partial charge in [0.1, 0.15) is 24.2 Å². The van der Waals surface area contributed by atoms with Gasteiger partial charge in [-0.15, -0.1) is 0 Å². The number of anilines is 1. The van der Waals surface area contributed by atoms with Crippen molar-refractivity contribution in [3.05, 3.63) is 53.7 Å². The van der Waals surface area contributed by atoms with E-state index in [1.54, 1.807) is 18.3 Å². The van der Waals surface area contributed by atoms with Crippen LogP contribution in [0.15, 0.2) is 42.6 Å². The van der Waals surface area contributed by atoms with Crippen LogP contribution in [0.1, 0.15) is 18.1 Å². The largest absolute Gasteiger partial charge is 0.488 e. The molecule has 4 nitrogen and oxygen atoms in total. The van der Waals surface area contributed by atoms with Gasteiger partial charge in [0, 0.05) is 12.7 Å². The number of nitrogens with one attached hydrogen (secondary N) is 1. The highest BCUT2D eigenvalue weighted by atomic mass is 16.5. The number of pyridine rings is 1. The van der Waals surface area contributed by atoms with Gasteiger partial charge in [-0.1, -0.05) is 12.1 Å². The molecule has 0 aliphatic heterocycles. The van der Waals surface area contributed by atoms with E-state index in [2.05, 4.69) is 16.4 Å². The van der Waals surface area contributed by atoms with Gasteiger partial charge in [-0.25, -0.2) is 4.98 Å². The molecule has 0 atom stereocenters. The first kappa shape index (κ1) is 12.9. The molecular weight excluding hydrogens is 238 g/mol. The molecule has 0 amide bonds. The van der Waals surface area contributed by atoms with E-state index >= 15 is 0 Å². The third-order valence-electron chi connectivity index (χ3n) is 2.58. The number of aromatic nitrogens is 1. The Kier molecular flexibility index (Phi) is 4.35. The summed E-state index contributed by atoms with van der Waals surface area (Å²) in [5, 5.41) is 12.1. The Morgan fingerprint density at radius 2 is 2.16 bits per heavy atom. The maximum Gasteiger partial charge on any atom is 0.137 e. The molecule has 0 spiro atoms. The second-order valence-corrected chi connectivity index (χ2v) is 3.98. The van der Waals surface area contributed by atoms with Gasteiger partial charge in [0.25, 0.3) is 0 Å². The van der Waals surface area contributed by atoms with E-state index in [4.69, 9.17) is 10.00 Å². The first-order chi connectivity index (χ1) is 9.33. The number of benzene rings is 1. The minimum absolute atomic E-state index is 0.416. The van der Waals surface area contributed by atoms with Gasteiger partial charge in [-0.2, -0.15) is 5.26 Å². The van der Waals surface area contributed by atoms with Crippen LogP contribution < -0.4 is 10.1 Å². The highest BCUT2D eigenvalue weighted by molar-refractivity contribution is 5.43. The zero-order valence-corrected chi connectivity index (χ0v) is 10.8. The van der Waals surface area contributed by atoms with Crippen molar-refractivity contribution >= 4 is 5.82 Å². The van der Waals surface area contributed by atoms with Gasteiger partial charge in [-0.05, 0) is 36.8 Å². The van der Waals surface area contributed by atoms with Gasteiger partial charge in [0.05, 0.1) is 5.56 Å². The van der Waals surface area contributed by atoms with Crippen LogP contribution in [0.2, 0.25) is 0 Å². The van der Waals surface area contributed by atoms with Crippen LogP contribution in [0.25, 0.3) is 0 Å². The number of rotatable bonds is 5. The summed E-state index contributed by atoms with van der Waals surface area (Å²) < 4.78 is 5.67. The van der Waals surface area contributed by atoms with E-state index in [0.717, 1.165) is 17.9 Å². The molecular formula is C15H15N3O. The lowest BCUT2D eigenvalue weighted by Crippen LogP contribution is -2.02. The van der Waals surface area contributed by atoms with Crippen molar-refractivity contribution in [1.82, 2.24) is 4.98 Å². The first-order valence-corrected chi connectivity index (χ1v) is 6.14. The summed E-state index contributed by atoms with van der Waals surface area (Å²) in [6.45, 7) is 3.27. The average Bonchev–Trinajstić information content (AvgIpc) is 2.46. The summed E-state index contributed by atoms with van der Waals surface area (Å²) in [4.78, 5) is 4.20. The van der Waals surface area contributed by atoms with Crippen LogP contribution in [0.3, 0.4) is 0 Å². The van der Waals surface area contributed by atoms with Gasteiger partial charge >= 0.3 is 0 Å². The molecule has 0 bridgehead atoms. The Morgan fingerprint density at radius 3 is 2.95 bits per heavy atom. The number of hydrogen-bond donors (Lipinski definition) is 1. The number of ether oxygens (including phenoxy) is 1. The quantitative estimate of drug-likeness (QED) is 0.890. The van der Waals surface area contributed by atoms with Crippen LogP contribution in [0, 0.1) is 11.3 Å². The SMILES string of the molecule is CCNc1cc(COc2ccccc2C#N)ccn1. The molecule has 0 saturated heterocycles. The Labute approximate surface area is 112 Å². The minimum Gasteiger partial charge on any atom is -0.488 e. The summed E-state index contributed by atoms with van der Waals surface area (Å²) in [6.07, 6.45) is 1.74. The maximum atomic E-state index is 8.98. The molecule has 0 radical (unpaired) electrons. The predicted octanol–water partition coefficient (Wildman–Crippen LogP) is 2.96. The van der Waals surface area contributed by atoms with Crippen molar-refractivity contribution in [2.24, 2.45) is 0 Å². The van der Waals surface area contributed by atoms with Gasteiger partial charge in [0.15, 0.2) is 0 Å². The van der Waals surface area contributed by atoms with Crippen LogP contribution in [0.5, 0.6) is 5.75 Å². The first-order valence-electron chi connectivity index (χ1n) is 6.14. The van der Waals surface area contributed by atoms with E-state index < -0.39 is 0 Å². The van der Waals surface area contributed by atoms with E-state index in [0.29, 0.717) is 17.9 Å². The molecule has 0 saturated carbocycles. The van der Waals surface area contributed by atoms with Gasteiger partial charge in [0.2, 0.25) is 0 Å². The van der Waals surface area contributed by atoms with E-state index in [1.165, 1.54) is 0 Å². The maximum absolute atomic E-state index is 8.98. The lowest BCUT2D eigenvalue weighted by molar-refractivity contribution is 0.305. The van der Waals surface area contributed by atoms with Crippen molar-refractivity contribution in [3.63, 3.8) is 0 Å². The predicted molar refractivity (Wildman–Crippen MR) is 73.9 cm³/mol. The molecule has 0 unspecified atom stereocenters. The van der Waals surface area contributed by atoms with Crippen molar-refractivity contribution in [2.75, 3.05) is 11.9 Å². The number of para-hydroxylation sites is 1. The Bertz CT molecular complexity index is 590. The molecule has 0 aliphatic rings. The molecule has 96 valence electrons. The smallest absolute Gasteiger partial charge is 0.137 e. The monoisotopic (exact) mass is 253 g/mol. The fraction of sp³-hybridized carbons (Fsp3) is 0.200. The van der Waals surface area contributed by atoms with Gasteiger partial charge < -0.3 is 10.1 Å². The van der Waals surface area contributed by atoms with E-state index in [-0.39, 0.29) is 0 Å². The fourth-order valence-electron chi connectivity index (χ4n) is 1.69. The third kappa shape index (κ3) is 3.46. The highest BCUT2D eigenvalue weighted by Gasteiger charge is 2.03. The number of nitriles is 1. The molecule has 1 aromatic heterocycles. The molecule has 2 aromatic rings. The molecule has 1 N–H and O–H groups in total. The Hall–Kier alpha value is -2.54. The average molecular weight is 253 g/mol. The summed E-state index contributed by atoms with van der Waals surface area (Å²) in [7, 11) is 0. The van der Waals surface area contributed by atoms with Crippen molar-refractivity contribution in [1.29, 1.82) is 5.26 Å². The lowest BCUT2D eigenvalue weighted by atomic mass is 10.2. The molecule has 0 fully saturated rings. The van der Waals surface area contributed by atoms with Crippen LogP contribution in [-0.4, -0.2) is 11.5 Å². The molecule has 1 aromatic carbocycles. The highest BCUT2D eigenvalue weighted by Crippen LogP contribution is 2.18. The van der Waals surface area contributed by atoms with Crippen LogP contribution >= 0.6 is 0 Å². The van der Waals surface area contributed by atoms with E-state index in [9.17, 15) is 0 Å². The van der Waals surface area contributed by atoms with Crippen molar-refractivity contribution < 1.29 is 4.74 Å². The topological polar surface area (TPSA) is 57.9 Å². The molecule has 19 heavy (non-hydrogen) atoms. The fourth-order valence-corrected chi connectivity index (χ4v) is 1.69. The summed E-state index contributed by atoms with van der Waals surface area (Å²) in [6, 6.07) is 13.2. The molecule has 2 rings (SSSR count). The van der Waals surface area contributed by atoms with E-state index in [1.807, 2.05) is 31.2 Å². The lowest BCUT2D eigenvalue weighted by Gasteiger charge is -2.09. The van der Waals surface area contributed by atoms with Crippen LogP contribution in [0.4, 0.5) is 5.82 Å². The Morgan fingerprint density at radius 1 is 1.32 bits per heavy atom. The summed E-state index contributed by atoms with van der Waals surface area (Å²) in [5.41, 5.74) is 1.56. The third-order valence-corrected chi connectivity index (χ3v) is 2.58. The minimum atomic E-state index is 0.416. The summed E-state index contributed by atoms with van der Waals surface area (Å²) >= 11 is 0. The van der Waals surface area contributed by atoms with Crippen molar-refractivity contribution in [3.8, 4) is 11.8 Å². The standard InChI is InChI=1S/C15H15N3O/c1-2-17-15-9-12(7-8-18-15)11-19-14-6-4-3-5-13(14)10-16/h3-9H,2,11H2,1H3,(H,17,18). The zero-order chi connectivity index (χ0) is 13.5. The van der Waals surface area contributed by atoms with Crippen molar-refractivity contribution in [2.45, 2.75) is 13.5 Å².